The number of furan rings is 1. The highest BCUT2D eigenvalue weighted by Crippen LogP contribution is 2.27. The molecule has 4 rings (SSSR count). The molecule has 2 aliphatic rings. The fraction of sp³-hybridized carbons (Fsp3) is 0.520. The van der Waals surface area contributed by atoms with Crippen molar-refractivity contribution in [2.45, 2.75) is 57.7 Å². The van der Waals surface area contributed by atoms with Crippen LogP contribution in [0.25, 0.3) is 0 Å². The van der Waals surface area contributed by atoms with Gasteiger partial charge in [0.25, 0.3) is 0 Å². The minimum absolute atomic E-state index is 0.0331. The van der Waals surface area contributed by atoms with Crippen molar-refractivity contribution >= 4 is 11.8 Å². The zero-order valence-electron chi connectivity index (χ0n) is 18.1. The normalized spacial score (nSPS) is 18.9. The maximum absolute atomic E-state index is 13.4. The van der Waals surface area contributed by atoms with E-state index in [0.717, 1.165) is 56.5 Å². The average Bonchev–Trinajstić information content (AvgIpc) is 3.56. The van der Waals surface area contributed by atoms with Crippen molar-refractivity contribution in [3.05, 3.63) is 60.1 Å². The molecule has 1 aromatic carbocycles. The Morgan fingerprint density at radius 2 is 1.71 bits per heavy atom. The summed E-state index contributed by atoms with van der Waals surface area (Å²) in [6.45, 7) is 2.18. The van der Waals surface area contributed by atoms with Gasteiger partial charge in [0.2, 0.25) is 11.8 Å². The molecule has 2 aromatic rings. The maximum atomic E-state index is 13.4. The van der Waals surface area contributed by atoms with Crippen molar-refractivity contribution < 1.29 is 18.7 Å². The van der Waals surface area contributed by atoms with Gasteiger partial charge >= 0.3 is 0 Å². The van der Waals surface area contributed by atoms with Crippen molar-refractivity contribution in [1.29, 1.82) is 0 Å². The third kappa shape index (κ3) is 5.97. The average molecular weight is 425 g/mol. The number of benzene rings is 1. The number of amides is 2. The van der Waals surface area contributed by atoms with Crippen LogP contribution in [-0.4, -0.2) is 47.4 Å². The predicted octanol–water partition coefficient (Wildman–Crippen LogP) is 4.01. The summed E-state index contributed by atoms with van der Waals surface area (Å²) in [4.78, 5) is 30.2. The molecule has 1 aliphatic carbocycles. The van der Waals surface area contributed by atoms with Crippen LogP contribution in [0.5, 0.6) is 0 Å². The molecule has 31 heavy (non-hydrogen) atoms. The highest BCUT2D eigenvalue weighted by atomic mass is 16.5. The van der Waals surface area contributed by atoms with Gasteiger partial charge in [-0.25, -0.2) is 0 Å². The fourth-order valence-corrected chi connectivity index (χ4v) is 4.59. The summed E-state index contributed by atoms with van der Waals surface area (Å²) in [7, 11) is 0. The Hall–Kier alpha value is -2.60. The lowest BCUT2D eigenvalue weighted by molar-refractivity contribution is -0.145. The van der Waals surface area contributed by atoms with Gasteiger partial charge in [-0.15, -0.1) is 0 Å². The molecule has 166 valence electrons. The monoisotopic (exact) mass is 424 g/mol. The number of nitrogens with zero attached hydrogens (tertiary/aromatic N) is 2. The van der Waals surface area contributed by atoms with Crippen LogP contribution in [-0.2, 0) is 27.4 Å². The zero-order chi connectivity index (χ0) is 21.5. The molecule has 1 saturated carbocycles. The molecular formula is C25H32N2O4. The molecule has 0 bridgehead atoms. The quantitative estimate of drug-likeness (QED) is 0.610. The van der Waals surface area contributed by atoms with Gasteiger partial charge in [-0.1, -0.05) is 43.2 Å². The minimum atomic E-state index is -0.0652. The minimum Gasteiger partial charge on any atom is -0.467 e. The van der Waals surface area contributed by atoms with Crippen LogP contribution in [0, 0.1) is 5.92 Å². The van der Waals surface area contributed by atoms with Crippen LogP contribution in [0.2, 0.25) is 0 Å². The van der Waals surface area contributed by atoms with Crippen molar-refractivity contribution in [2.24, 2.45) is 5.92 Å². The van der Waals surface area contributed by atoms with Gasteiger partial charge in [-0.3, -0.25) is 9.59 Å². The number of hydrogen-bond acceptors (Lipinski definition) is 4. The number of hydrogen-bond donors (Lipinski definition) is 0. The molecule has 0 N–H and O–H groups in total. The smallest absolute Gasteiger partial charge is 0.242 e. The lowest BCUT2D eigenvalue weighted by Crippen LogP contribution is -2.47. The number of carbonyl (C=O) groups excluding carboxylic acids is 2. The Morgan fingerprint density at radius 3 is 2.39 bits per heavy atom. The zero-order valence-corrected chi connectivity index (χ0v) is 18.1. The number of rotatable bonds is 9. The van der Waals surface area contributed by atoms with E-state index in [4.69, 9.17) is 9.15 Å². The first-order valence-corrected chi connectivity index (χ1v) is 11.4. The Morgan fingerprint density at radius 1 is 0.903 bits per heavy atom. The molecule has 0 spiro atoms. The predicted molar refractivity (Wildman–Crippen MR) is 117 cm³/mol. The van der Waals surface area contributed by atoms with Crippen LogP contribution in [0.4, 0.5) is 0 Å². The van der Waals surface area contributed by atoms with Crippen LogP contribution >= 0.6 is 0 Å². The third-order valence-electron chi connectivity index (χ3n) is 6.29. The Balaban J connectivity index is 1.48. The van der Waals surface area contributed by atoms with Gasteiger partial charge in [0.1, 0.15) is 5.76 Å². The first kappa shape index (κ1) is 21.6. The number of carbonyl (C=O) groups is 2. The van der Waals surface area contributed by atoms with E-state index in [-0.39, 0.29) is 30.4 Å². The second-order valence-corrected chi connectivity index (χ2v) is 8.65. The molecule has 2 fully saturated rings. The molecule has 0 radical (unpaired) electrons. The van der Waals surface area contributed by atoms with Gasteiger partial charge in [0, 0.05) is 25.6 Å². The van der Waals surface area contributed by atoms with Crippen LogP contribution in [0.1, 0.15) is 49.8 Å². The lowest BCUT2D eigenvalue weighted by Gasteiger charge is -2.30. The van der Waals surface area contributed by atoms with Crippen molar-refractivity contribution in [1.82, 2.24) is 9.80 Å². The molecule has 2 heterocycles. The van der Waals surface area contributed by atoms with Crippen LogP contribution in [0.15, 0.2) is 53.1 Å². The summed E-state index contributed by atoms with van der Waals surface area (Å²) in [5.74, 6) is 0.822. The van der Waals surface area contributed by atoms with Crippen molar-refractivity contribution in [3.8, 4) is 0 Å². The fourth-order valence-electron chi connectivity index (χ4n) is 4.59. The van der Waals surface area contributed by atoms with Gasteiger partial charge in [-0.05, 0) is 43.4 Å². The maximum Gasteiger partial charge on any atom is 0.242 e. The molecule has 2 amide bonds. The lowest BCUT2D eigenvalue weighted by atomic mass is 10.1. The Labute approximate surface area is 184 Å². The van der Waals surface area contributed by atoms with Crippen LogP contribution in [0.3, 0.4) is 0 Å². The van der Waals surface area contributed by atoms with E-state index in [1.54, 1.807) is 16.1 Å². The summed E-state index contributed by atoms with van der Waals surface area (Å²) < 4.78 is 11.3. The molecule has 0 unspecified atom stereocenters. The van der Waals surface area contributed by atoms with Gasteiger partial charge in [-0.2, -0.15) is 0 Å². The second kappa shape index (κ2) is 10.6. The van der Waals surface area contributed by atoms with E-state index in [1.165, 1.54) is 0 Å². The third-order valence-corrected chi connectivity index (χ3v) is 6.29. The second-order valence-electron chi connectivity index (χ2n) is 8.65. The standard InChI is InChI=1S/C25H32N2O4/c28-24(26(17-22-12-6-14-30-22)16-20-8-2-1-3-9-20)19-27(18-23-13-7-15-31-23)25(29)21-10-4-5-11-21/h1-3,6,8-9,12,14,21,23H,4-5,7,10-11,13,15-19H2/t23-/m1/s1. The number of ether oxygens (including phenoxy) is 1. The molecular weight excluding hydrogens is 392 g/mol. The highest BCUT2D eigenvalue weighted by molar-refractivity contribution is 5.86. The largest absolute Gasteiger partial charge is 0.467 e. The SMILES string of the molecule is O=C(CN(C[C@H]1CCCO1)C(=O)C1CCCC1)N(Cc1ccccc1)Cc1ccco1. The summed E-state index contributed by atoms with van der Waals surface area (Å²) in [6.07, 6.45) is 7.66. The van der Waals surface area contributed by atoms with Crippen LogP contribution < -0.4 is 0 Å². The van der Waals surface area contributed by atoms with Gasteiger partial charge in [0.05, 0.1) is 25.5 Å². The van der Waals surface area contributed by atoms with E-state index < -0.39 is 0 Å². The topological polar surface area (TPSA) is 63.0 Å². The molecule has 1 aliphatic heterocycles. The van der Waals surface area contributed by atoms with Gasteiger partial charge < -0.3 is 19.0 Å². The van der Waals surface area contributed by atoms with E-state index in [9.17, 15) is 9.59 Å². The van der Waals surface area contributed by atoms with Crippen molar-refractivity contribution in [3.63, 3.8) is 0 Å². The van der Waals surface area contributed by atoms with E-state index in [2.05, 4.69) is 0 Å². The molecule has 6 heteroatoms. The highest BCUT2D eigenvalue weighted by Gasteiger charge is 2.32. The van der Waals surface area contributed by atoms with E-state index in [1.807, 2.05) is 42.5 Å². The molecule has 1 saturated heterocycles. The first-order chi connectivity index (χ1) is 15.2. The van der Waals surface area contributed by atoms with E-state index in [0.29, 0.717) is 19.6 Å². The van der Waals surface area contributed by atoms with Gasteiger partial charge in [0.15, 0.2) is 0 Å². The summed E-state index contributed by atoms with van der Waals surface area (Å²) in [6, 6.07) is 13.6. The molecule has 6 nitrogen and oxygen atoms in total. The summed E-state index contributed by atoms with van der Waals surface area (Å²) >= 11 is 0. The Kier molecular flexibility index (Phi) is 7.41. The summed E-state index contributed by atoms with van der Waals surface area (Å²) in [5.41, 5.74) is 1.05. The summed E-state index contributed by atoms with van der Waals surface area (Å²) in [5, 5.41) is 0. The molecule has 1 atom stereocenters. The van der Waals surface area contributed by atoms with E-state index >= 15 is 0 Å². The van der Waals surface area contributed by atoms with Crippen molar-refractivity contribution in [2.75, 3.05) is 19.7 Å². The Bertz CT molecular complexity index is 824. The molecule has 1 aromatic heterocycles. The first-order valence-electron chi connectivity index (χ1n) is 11.4.